The first-order valence-corrected chi connectivity index (χ1v) is 28.4. The highest BCUT2D eigenvalue weighted by Crippen LogP contribution is 2.27. The molecule has 0 aromatic carbocycles. The van der Waals surface area contributed by atoms with Crippen molar-refractivity contribution in [2.45, 2.75) is 303 Å². The van der Waals surface area contributed by atoms with Crippen LogP contribution in [0.5, 0.6) is 0 Å². The third-order valence-corrected chi connectivity index (χ3v) is 17.6. The predicted octanol–water partition coefficient (Wildman–Crippen LogP) is 17.8. The molecule has 0 aliphatic carbocycles. The Balaban J connectivity index is 4.89. The molecule has 0 radical (unpaired) electrons. The Morgan fingerprint density at radius 1 is 0.286 bits per heavy atom. The van der Waals surface area contributed by atoms with E-state index in [0.29, 0.717) is 37.6 Å². The molecule has 0 heterocycles. The standard InChI is InChI=1S/C51H99ClO3Si/c1-4-7-10-13-16-19-22-25-28-31-34-37-40-44-49(53)56(48-43-47-52,50(54)45-41-38-35-32-29-26-23-20-17-14-11-8-5-2)51(55)46-42-39-36-33-30-27-24-21-18-15-12-9-6-3/h4-48H2,1-3H3. The van der Waals surface area contributed by atoms with E-state index in [4.69, 9.17) is 11.6 Å². The van der Waals surface area contributed by atoms with Crippen molar-refractivity contribution in [2.75, 3.05) is 5.88 Å². The lowest BCUT2D eigenvalue weighted by Crippen LogP contribution is -2.59. The molecule has 0 spiro atoms. The Morgan fingerprint density at radius 2 is 0.464 bits per heavy atom. The van der Waals surface area contributed by atoms with E-state index in [1.165, 1.54) is 193 Å². The molecule has 0 saturated heterocycles. The summed E-state index contributed by atoms with van der Waals surface area (Å²) >= 11 is 6.22. The van der Waals surface area contributed by atoms with E-state index >= 15 is 0 Å². The van der Waals surface area contributed by atoms with E-state index < -0.39 is 8.07 Å². The maximum absolute atomic E-state index is 14.2. The Labute approximate surface area is 357 Å². The van der Waals surface area contributed by atoms with Gasteiger partial charge in [0.25, 0.3) is 8.07 Å². The van der Waals surface area contributed by atoms with E-state index in [-0.39, 0.29) is 16.2 Å². The molecule has 3 nitrogen and oxygen atoms in total. The van der Waals surface area contributed by atoms with E-state index in [2.05, 4.69) is 20.8 Å². The van der Waals surface area contributed by atoms with Crippen LogP contribution in [-0.4, -0.2) is 30.2 Å². The minimum absolute atomic E-state index is 0.0464. The van der Waals surface area contributed by atoms with Gasteiger partial charge in [0.05, 0.1) is 0 Å². The lowest BCUT2D eigenvalue weighted by Gasteiger charge is -2.27. The molecule has 0 saturated carbocycles. The molecular weight excluding hydrogens is 724 g/mol. The van der Waals surface area contributed by atoms with Crippen LogP contribution >= 0.6 is 11.6 Å². The molecule has 5 heteroatoms. The smallest absolute Gasteiger partial charge is 0.279 e. The minimum Gasteiger partial charge on any atom is -0.304 e. The van der Waals surface area contributed by atoms with Gasteiger partial charge in [-0.15, -0.1) is 11.6 Å². The molecule has 0 atom stereocenters. The second-order valence-electron chi connectivity index (χ2n) is 17.9. The summed E-state index contributed by atoms with van der Waals surface area (Å²) in [4.78, 5) is 42.6. The van der Waals surface area contributed by atoms with Gasteiger partial charge in [-0.2, -0.15) is 0 Å². The van der Waals surface area contributed by atoms with Crippen molar-refractivity contribution >= 4 is 35.9 Å². The van der Waals surface area contributed by atoms with E-state index in [9.17, 15) is 14.4 Å². The fraction of sp³-hybridized carbons (Fsp3) is 0.941. The van der Waals surface area contributed by atoms with Crippen LogP contribution in [0.3, 0.4) is 0 Å². The molecule has 0 unspecified atom stereocenters. The average Bonchev–Trinajstić information content (AvgIpc) is 3.20. The van der Waals surface area contributed by atoms with Crippen LogP contribution in [0.2, 0.25) is 6.04 Å². The highest BCUT2D eigenvalue weighted by Gasteiger charge is 2.52. The molecule has 0 aromatic rings. The molecule has 0 fully saturated rings. The Bertz CT molecular complexity index is 758. The molecule has 0 N–H and O–H groups in total. The quantitative estimate of drug-likeness (QED) is 0.0349. The van der Waals surface area contributed by atoms with E-state index in [1.54, 1.807) is 0 Å². The third kappa shape index (κ3) is 32.4. The zero-order valence-electron chi connectivity index (χ0n) is 38.4. The number of alkyl halides is 1. The molecular formula is C51H99ClO3Si. The fourth-order valence-corrected chi connectivity index (χ4v) is 13.4. The van der Waals surface area contributed by atoms with E-state index in [1.807, 2.05) is 0 Å². The monoisotopic (exact) mass is 823 g/mol. The number of rotatable bonds is 48. The molecule has 56 heavy (non-hydrogen) atoms. The van der Waals surface area contributed by atoms with Crippen LogP contribution in [0.15, 0.2) is 0 Å². The van der Waals surface area contributed by atoms with Crippen molar-refractivity contribution in [3.05, 3.63) is 0 Å². The highest BCUT2D eigenvalue weighted by atomic mass is 35.5. The predicted molar refractivity (Wildman–Crippen MR) is 252 cm³/mol. The average molecular weight is 824 g/mol. The zero-order chi connectivity index (χ0) is 41.1. The van der Waals surface area contributed by atoms with Crippen molar-refractivity contribution in [2.24, 2.45) is 0 Å². The summed E-state index contributed by atoms with van der Waals surface area (Å²) in [5.74, 6) is 0.415. The van der Waals surface area contributed by atoms with Gasteiger partial charge in [-0.25, -0.2) is 0 Å². The first kappa shape index (κ1) is 55.5. The zero-order valence-corrected chi connectivity index (χ0v) is 40.2. The SMILES string of the molecule is CCCCCCCCCCCCCCCC(=O)[Si](CCCCl)(C(=O)CCCCCCCCCCCCCCC)C(=O)CCCCCCCCCCCCCCC. The molecule has 0 aromatic heterocycles. The van der Waals surface area contributed by atoms with Crippen molar-refractivity contribution in [3.63, 3.8) is 0 Å². The summed E-state index contributed by atoms with van der Waals surface area (Å²) in [7, 11) is -3.44. The molecule has 332 valence electrons. The summed E-state index contributed by atoms with van der Waals surface area (Å²) in [5.41, 5.74) is 0. The summed E-state index contributed by atoms with van der Waals surface area (Å²) in [6.07, 6.45) is 51.1. The number of halogens is 1. The number of carbonyl (C=O) groups excluding carboxylic acids is 3. The number of hydrogen-bond donors (Lipinski definition) is 0. The molecule has 0 bridgehead atoms. The maximum Gasteiger partial charge on any atom is 0.279 e. The lowest BCUT2D eigenvalue weighted by atomic mass is 10.0. The van der Waals surface area contributed by atoms with Gasteiger partial charge in [-0.3, -0.25) is 0 Å². The van der Waals surface area contributed by atoms with Gasteiger partial charge >= 0.3 is 0 Å². The van der Waals surface area contributed by atoms with Gasteiger partial charge in [0, 0.05) is 25.1 Å². The number of hydrogen-bond acceptors (Lipinski definition) is 3. The summed E-state index contributed by atoms with van der Waals surface area (Å²) in [6, 6.07) is 0.447. The third-order valence-electron chi connectivity index (χ3n) is 12.6. The van der Waals surface area contributed by atoms with Gasteiger partial charge in [-0.1, -0.05) is 252 Å². The summed E-state index contributed by atoms with van der Waals surface area (Å²) in [5, 5.41) is 0.139. The number of unbranched alkanes of at least 4 members (excludes halogenated alkanes) is 36. The van der Waals surface area contributed by atoms with Gasteiger partial charge in [0.15, 0.2) is 0 Å². The van der Waals surface area contributed by atoms with Crippen molar-refractivity contribution in [1.29, 1.82) is 0 Å². The first-order valence-electron chi connectivity index (χ1n) is 25.7. The highest BCUT2D eigenvalue weighted by molar-refractivity contribution is 7.40. The maximum atomic E-state index is 14.2. The summed E-state index contributed by atoms with van der Waals surface area (Å²) in [6.45, 7) is 6.83. The Kier molecular flexibility index (Phi) is 43.7. The first-order chi connectivity index (χ1) is 27.5. The molecule has 0 aliphatic rings. The Morgan fingerprint density at radius 3 is 0.643 bits per heavy atom. The van der Waals surface area contributed by atoms with Crippen LogP contribution in [0.4, 0.5) is 0 Å². The largest absolute Gasteiger partial charge is 0.304 e. The van der Waals surface area contributed by atoms with Crippen LogP contribution in [0.25, 0.3) is 0 Å². The van der Waals surface area contributed by atoms with Crippen molar-refractivity contribution in [3.8, 4) is 0 Å². The van der Waals surface area contributed by atoms with Gasteiger partial charge in [0.2, 0.25) is 0 Å². The molecule has 0 amide bonds. The topological polar surface area (TPSA) is 51.2 Å². The normalized spacial score (nSPS) is 11.8. The van der Waals surface area contributed by atoms with Crippen LogP contribution < -0.4 is 0 Å². The van der Waals surface area contributed by atoms with Crippen LogP contribution in [0.1, 0.15) is 297 Å². The lowest BCUT2D eigenvalue weighted by molar-refractivity contribution is -0.120. The fourth-order valence-electron chi connectivity index (χ4n) is 8.77. The van der Waals surface area contributed by atoms with Gasteiger partial charge in [0.1, 0.15) is 16.2 Å². The molecule has 0 rings (SSSR count). The van der Waals surface area contributed by atoms with Crippen LogP contribution in [-0.2, 0) is 14.4 Å². The number of carbonyl (C=O) groups is 3. The van der Waals surface area contributed by atoms with Gasteiger partial charge < -0.3 is 14.4 Å². The van der Waals surface area contributed by atoms with Crippen molar-refractivity contribution < 1.29 is 14.4 Å². The van der Waals surface area contributed by atoms with Crippen LogP contribution in [0, 0.1) is 0 Å². The van der Waals surface area contributed by atoms with Gasteiger partial charge in [-0.05, 0) is 31.7 Å². The van der Waals surface area contributed by atoms with E-state index in [0.717, 1.165) is 57.8 Å². The summed E-state index contributed by atoms with van der Waals surface area (Å²) < 4.78 is 0. The molecule has 0 aliphatic heterocycles. The second kappa shape index (κ2) is 44.1. The Hall–Kier alpha value is -0.483. The minimum atomic E-state index is -3.44. The van der Waals surface area contributed by atoms with Crippen molar-refractivity contribution in [1.82, 2.24) is 0 Å². The second-order valence-corrected chi connectivity index (χ2v) is 22.3.